The molecule has 0 bridgehead atoms. The molecule has 0 unspecified atom stereocenters. The summed E-state index contributed by atoms with van der Waals surface area (Å²) in [4.78, 5) is 15.2. The highest BCUT2D eigenvalue weighted by atomic mass is 35.5. The van der Waals surface area contributed by atoms with E-state index in [1.54, 1.807) is 0 Å². The van der Waals surface area contributed by atoms with Gasteiger partial charge in [-0.05, 0) is 28.8 Å². The number of halogens is 1. The van der Waals surface area contributed by atoms with Gasteiger partial charge in [-0.25, -0.2) is 4.79 Å². The third kappa shape index (κ3) is 7.29. The van der Waals surface area contributed by atoms with E-state index in [1.165, 1.54) is 16.7 Å². The van der Waals surface area contributed by atoms with Crippen LogP contribution in [-0.4, -0.2) is 66.8 Å². The van der Waals surface area contributed by atoms with Gasteiger partial charge in [-0.2, -0.15) is 0 Å². The second-order valence-electron chi connectivity index (χ2n) is 7.16. The molecule has 0 radical (unpaired) electrons. The van der Waals surface area contributed by atoms with Crippen LogP contribution >= 0.6 is 11.6 Å². The van der Waals surface area contributed by atoms with Crippen LogP contribution in [0.2, 0.25) is 5.02 Å². The van der Waals surface area contributed by atoms with Crippen LogP contribution in [0.1, 0.15) is 5.56 Å². The van der Waals surface area contributed by atoms with Crippen LogP contribution < -0.4 is 0 Å². The molecule has 6 heteroatoms. The minimum atomic E-state index is -0.936. The summed E-state index contributed by atoms with van der Waals surface area (Å²) in [6, 6.07) is 16.7. The van der Waals surface area contributed by atoms with Gasteiger partial charge in [-0.1, -0.05) is 60.2 Å². The zero-order valence-electron chi connectivity index (χ0n) is 16.5. The van der Waals surface area contributed by atoms with Crippen molar-refractivity contribution in [3.05, 3.63) is 71.3 Å². The Morgan fingerprint density at radius 3 is 2.14 bits per heavy atom. The Balaban J connectivity index is 1.38. The normalized spacial score (nSPS) is 15.8. The lowest BCUT2D eigenvalue weighted by Gasteiger charge is -2.34. The van der Waals surface area contributed by atoms with Crippen molar-refractivity contribution in [1.29, 1.82) is 0 Å². The number of carboxylic acid groups (broad SMARTS) is 1. The van der Waals surface area contributed by atoms with Crippen molar-refractivity contribution in [2.45, 2.75) is 6.54 Å². The van der Waals surface area contributed by atoms with Gasteiger partial charge in [0.15, 0.2) is 0 Å². The average Bonchev–Trinajstić information content (AvgIpc) is 2.73. The average molecular weight is 415 g/mol. The summed E-state index contributed by atoms with van der Waals surface area (Å²) in [7, 11) is 0. The fourth-order valence-electron chi connectivity index (χ4n) is 3.34. The Labute approximate surface area is 177 Å². The predicted octanol–water partition coefficient (Wildman–Crippen LogP) is 3.78. The van der Waals surface area contributed by atoms with Gasteiger partial charge >= 0.3 is 5.97 Å². The molecule has 1 saturated heterocycles. The van der Waals surface area contributed by atoms with E-state index in [2.05, 4.69) is 34.1 Å². The summed E-state index contributed by atoms with van der Waals surface area (Å²) in [6.07, 6.45) is 3.94. The van der Waals surface area contributed by atoms with Crippen LogP contribution in [0.15, 0.2) is 60.7 Å². The third-order valence-electron chi connectivity index (χ3n) is 4.97. The SMILES string of the molecule is O=C(O)COC/C=C/CN1CCN(Cc2ccc(-c3ccc(Cl)cc3)cc2)CC1. The molecule has 29 heavy (non-hydrogen) atoms. The minimum absolute atomic E-state index is 0.246. The largest absolute Gasteiger partial charge is 0.480 e. The van der Waals surface area contributed by atoms with Gasteiger partial charge in [0.25, 0.3) is 0 Å². The maximum absolute atomic E-state index is 10.4. The van der Waals surface area contributed by atoms with Crippen LogP contribution in [-0.2, 0) is 16.1 Å². The second kappa shape index (κ2) is 11.1. The molecule has 2 aromatic carbocycles. The molecule has 0 atom stereocenters. The van der Waals surface area contributed by atoms with Crippen LogP contribution in [0.5, 0.6) is 0 Å². The number of carboxylic acids is 1. The monoisotopic (exact) mass is 414 g/mol. The quantitative estimate of drug-likeness (QED) is 0.500. The summed E-state index contributed by atoms with van der Waals surface area (Å²) in [5.74, 6) is -0.936. The van der Waals surface area contributed by atoms with E-state index in [-0.39, 0.29) is 6.61 Å². The first-order chi connectivity index (χ1) is 14.1. The minimum Gasteiger partial charge on any atom is -0.480 e. The molecule has 2 aromatic rings. The number of nitrogens with zero attached hydrogens (tertiary/aromatic N) is 2. The number of ether oxygens (including phenoxy) is 1. The van der Waals surface area contributed by atoms with Gasteiger partial charge in [-0.3, -0.25) is 9.80 Å². The summed E-state index contributed by atoms with van der Waals surface area (Å²) in [5, 5.41) is 9.27. The number of aliphatic carboxylic acids is 1. The van der Waals surface area contributed by atoms with E-state index >= 15 is 0 Å². The number of hydrogen-bond acceptors (Lipinski definition) is 4. The molecule has 1 N–H and O–H groups in total. The Morgan fingerprint density at radius 2 is 1.52 bits per heavy atom. The Bertz CT molecular complexity index is 798. The molecule has 0 amide bonds. The van der Waals surface area contributed by atoms with Crippen LogP contribution in [0.3, 0.4) is 0 Å². The first-order valence-electron chi connectivity index (χ1n) is 9.84. The van der Waals surface area contributed by atoms with Crippen LogP contribution in [0.25, 0.3) is 11.1 Å². The van der Waals surface area contributed by atoms with E-state index in [9.17, 15) is 4.79 Å². The lowest BCUT2D eigenvalue weighted by molar-refractivity contribution is -0.141. The van der Waals surface area contributed by atoms with Gasteiger partial charge in [0.2, 0.25) is 0 Å². The maximum Gasteiger partial charge on any atom is 0.329 e. The van der Waals surface area contributed by atoms with Crippen LogP contribution in [0.4, 0.5) is 0 Å². The molecular formula is C23H27ClN2O3. The lowest BCUT2D eigenvalue weighted by atomic mass is 10.0. The van der Waals surface area contributed by atoms with Gasteiger partial charge in [0.1, 0.15) is 6.61 Å². The summed E-state index contributed by atoms with van der Waals surface area (Å²) in [6.45, 7) is 6.09. The molecule has 1 heterocycles. The predicted molar refractivity (Wildman–Crippen MR) is 116 cm³/mol. The van der Waals surface area contributed by atoms with Crippen molar-refractivity contribution in [3.63, 3.8) is 0 Å². The molecule has 0 aromatic heterocycles. The standard InChI is InChI=1S/C23H27ClN2O3/c24-22-9-7-21(8-10-22)20-5-3-19(4-6-20)17-26-14-12-25(13-15-26)11-1-2-16-29-18-23(27)28/h1-10H,11-18H2,(H,27,28)/b2-1+. The summed E-state index contributed by atoms with van der Waals surface area (Å²) in [5.41, 5.74) is 3.71. The molecule has 1 aliphatic rings. The number of hydrogen-bond donors (Lipinski definition) is 1. The number of benzene rings is 2. The topological polar surface area (TPSA) is 53.0 Å². The van der Waals surface area contributed by atoms with Crippen LogP contribution in [0, 0.1) is 0 Å². The van der Waals surface area contributed by atoms with Crippen molar-refractivity contribution in [2.75, 3.05) is 45.9 Å². The fourth-order valence-corrected chi connectivity index (χ4v) is 3.47. The molecular weight excluding hydrogens is 388 g/mol. The number of carbonyl (C=O) groups is 1. The number of piperazine rings is 1. The summed E-state index contributed by atoms with van der Waals surface area (Å²) >= 11 is 5.96. The Morgan fingerprint density at radius 1 is 0.931 bits per heavy atom. The molecule has 0 spiro atoms. The molecule has 1 aliphatic heterocycles. The zero-order chi connectivity index (χ0) is 20.5. The number of rotatable bonds is 9. The van der Waals surface area contributed by atoms with Crippen molar-refractivity contribution >= 4 is 17.6 Å². The van der Waals surface area contributed by atoms with Crippen molar-refractivity contribution < 1.29 is 14.6 Å². The summed E-state index contributed by atoms with van der Waals surface area (Å²) < 4.78 is 4.99. The lowest BCUT2D eigenvalue weighted by Crippen LogP contribution is -2.45. The van der Waals surface area contributed by atoms with E-state index in [0.29, 0.717) is 6.61 Å². The third-order valence-corrected chi connectivity index (χ3v) is 5.22. The Hall–Kier alpha value is -2.18. The highest BCUT2D eigenvalue weighted by molar-refractivity contribution is 6.30. The van der Waals surface area contributed by atoms with Gasteiger partial charge < -0.3 is 9.84 Å². The van der Waals surface area contributed by atoms with Gasteiger partial charge in [0, 0.05) is 44.3 Å². The molecule has 0 aliphatic carbocycles. The van der Waals surface area contributed by atoms with Crippen molar-refractivity contribution in [2.24, 2.45) is 0 Å². The molecule has 0 saturated carbocycles. The molecule has 3 rings (SSSR count). The van der Waals surface area contributed by atoms with Gasteiger partial charge in [-0.15, -0.1) is 0 Å². The second-order valence-corrected chi connectivity index (χ2v) is 7.60. The Kier molecular flexibility index (Phi) is 8.25. The van der Waals surface area contributed by atoms with Gasteiger partial charge in [0.05, 0.1) is 6.61 Å². The highest BCUT2D eigenvalue weighted by Crippen LogP contribution is 2.22. The van der Waals surface area contributed by atoms with E-state index < -0.39 is 5.97 Å². The first-order valence-corrected chi connectivity index (χ1v) is 10.2. The smallest absolute Gasteiger partial charge is 0.329 e. The molecule has 154 valence electrons. The fraction of sp³-hybridized carbons (Fsp3) is 0.348. The van der Waals surface area contributed by atoms with Crippen molar-refractivity contribution in [3.8, 4) is 11.1 Å². The van der Waals surface area contributed by atoms with E-state index in [1.807, 2.05) is 36.4 Å². The highest BCUT2D eigenvalue weighted by Gasteiger charge is 2.15. The molecule has 1 fully saturated rings. The van der Waals surface area contributed by atoms with Crippen molar-refractivity contribution in [1.82, 2.24) is 9.80 Å². The molecule has 5 nitrogen and oxygen atoms in total. The maximum atomic E-state index is 10.4. The van der Waals surface area contributed by atoms with E-state index in [4.69, 9.17) is 21.4 Å². The first kappa shape index (κ1) is 21.5. The van der Waals surface area contributed by atoms with E-state index in [0.717, 1.165) is 44.3 Å². The zero-order valence-corrected chi connectivity index (χ0v) is 17.2.